The smallest absolute Gasteiger partial charge is 0.350 e. The molecule has 4 rings (SSSR count). The van der Waals surface area contributed by atoms with Gasteiger partial charge in [0.05, 0.1) is 0 Å². The van der Waals surface area contributed by atoms with Gasteiger partial charge in [0.15, 0.2) is 5.69 Å². The minimum atomic E-state index is -4.49. The summed E-state index contributed by atoms with van der Waals surface area (Å²) in [6.07, 6.45) is -2.05. The Morgan fingerprint density at radius 3 is 2.81 bits per heavy atom. The van der Waals surface area contributed by atoms with Gasteiger partial charge < -0.3 is 5.32 Å². The van der Waals surface area contributed by atoms with Gasteiger partial charge in [0.2, 0.25) is 5.91 Å². The Balaban J connectivity index is 1.49. The van der Waals surface area contributed by atoms with Crippen molar-refractivity contribution < 1.29 is 18.0 Å². The van der Waals surface area contributed by atoms with Crippen LogP contribution in [0.3, 0.4) is 0 Å². The lowest BCUT2D eigenvalue weighted by Crippen LogP contribution is -2.28. The first-order valence-electron chi connectivity index (χ1n) is 8.81. The lowest BCUT2D eigenvalue weighted by Gasteiger charge is -2.14. The lowest BCUT2D eigenvalue weighted by molar-refractivity contribution is -0.142. The van der Waals surface area contributed by atoms with Crippen molar-refractivity contribution in [1.29, 1.82) is 0 Å². The van der Waals surface area contributed by atoms with E-state index in [1.165, 1.54) is 4.68 Å². The van der Waals surface area contributed by atoms with Gasteiger partial charge in [-0.25, -0.2) is 0 Å². The van der Waals surface area contributed by atoms with Crippen molar-refractivity contribution in [3.8, 4) is 0 Å². The second-order valence-electron chi connectivity index (χ2n) is 6.67. The van der Waals surface area contributed by atoms with Gasteiger partial charge in [-0.2, -0.15) is 18.3 Å². The minimum Gasteiger partial charge on any atom is -0.350 e. The van der Waals surface area contributed by atoms with E-state index in [0.29, 0.717) is 25.1 Å². The molecule has 0 saturated heterocycles. The molecule has 142 valence electrons. The molecule has 0 aliphatic heterocycles. The third-order valence-corrected chi connectivity index (χ3v) is 5.87. The van der Waals surface area contributed by atoms with Crippen LogP contribution in [0, 0.1) is 0 Å². The second-order valence-corrected chi connectivity index (χ2v) is 7.58. The maximum atomic E-state index is 13.2. The van der Waals surface area contributed by atoms with E-state index < -0.39 is 11.9 Å². The molecule has 0 fully saturated rings. The van der Waals surface area contributed by atoms with Crippen molar-refractivity contribution in [3.63, 3.8) is 0 Å². The largest absolute Gasteiger partial charge is 0.435 e. The molecule has 0 radical (unpaired) electrons. The SMILES string of the molecule is O=C(Cn1nc(C(F)(F)F)c2c1CCCC2)NCc1csc2ccccc12. The van der Waals surface area contributed by atoms with Crippen LogP contribution in [-0.4, -0.2) is 15.7 Å². The number of hydrogen-bond donors (Lipinski definition) is 1. The zero-order valence-corrected chi connectivity index (χ0v) is 15.3. The van der Waals surface area contributed by atoms with E-state index in [-0.39, 0.29) is 18.0 Å². The van der Waals surface area contributed by atoms with E-state index in [1.807, 2.05) is 29.6 Å². The molecule has 0 saturated carbocycles. The fourth-order valence-electron chi connectivity index (χ4n) is 3.58. The Kier molecular flexibility index (Phi) is 4.67. The highest BCUT2D eigenvalue weighted by atomic mass is 32.1. The predicted molar refractivity (Wildman–Crippen MR) is 97.5 cm³/mol. The van der Waals surface area contributed by atoms with Crippen LogP contribution < -0.4 is 5.32 Å². The van der Waals surface area contributed by atoms with Gasteiger partial charge in [0, 0.05) is 22.5 Å². The monoisotopic (exact) mass is 393 g/mol. The van der Waals surface area contributed by atoms with Gasteiger partial charge in [0.25, 0.3) is 0 Å². The third-order valence-electron chi connectivity index (χ3n) is 4.86. The molecular weight excluding hydrogens is 375 g/mol. The van der Waals surface area contributed by atoms with E-state index in [1.54, 1.807) is 11.3 Å². The van der Waals surface area contributed by atoms with Crippen molar-refractivity contribution in [2.75, 3.05) is 0 Å². The second kappa shape index (κ2) is 6.99. The van der Waals surface area contributed by atoms with Gasteiger partial charge in [0.1, 0.15) is 6.54 Å². The zero-order valence-electron chi connectivity index (χ0n) is 14.5. The van der Waals surface area contributed by atoms with E-state index in [2.05, 4.69) is 10.4 Å². The zero-order chi connectivity index (χ0) is 19.0. The number of nitrogens with one attached hydrogen (secondary N) is 1. The number of benzene rings is 1. The summed E-state index contributed by atoms with van der Waals surface area (Å²) >= 11 is 1.60. The predicted octanol–water partition coefficient (Wildman–Crippen LogP) is 4.31. The molecule has 27 heavy (non-hydrogen) atoms. The Hall–Kier alpha value is -2.35. The number of aromatic nitrogens is 2. The molecule has 0 unspecified atom stereocenters. The molecule has 1 aliphatic carbocycles. The average Bonchev–Trinajstić information content (AvgIpc) is 3.22. The van der Waals surface area contributed by atoms with E-state index in [9.17, 15) is 18.0 Å². The van der Waals surface area contributed by atoms with Crippen LogP contribution in [0.15, 0.2) is 29.6 Å². The Labute approximate surface area is 158 Å². The molecule has 1 aromatic carbocycles. The number of nitrogens with zero attached hydrogens (tertiary/aromatic N) is 2. The van der Waals surface area contributed by atoms with Crippen LogP contribution in [-0.2, 0) is 36.9 Å². The van der Waals surface area contributed by atoms with Crippen molar-refractivity contribution in [1.82, 2.24) is 15.1 Å². The number of rotatable bonds is 4. The first-order chi connectivity index (χ1) is 12.9. The molecule has 0 bridgehead atoms. The highest BCUT2D eigenvalue weighted by molar-refractivity contribution is 7.17. The summed E-state index contributed by atoms with van der Waals surface area (Å²) < 4.78 is 42.1. The molecule has 3 aromatic rings. The molecule has 1 N–H and O–H groups in total. The number of carbonyl (C=O) groups excluding carboxylic acids is 1. The molecule has 1 amide bonds. The van der Waals surface area contributed by atoms with Crippen molar-refractivity contribution in [2.45, 2.75) is 44.9 Å². The summed E-state index contributed by atoms with van der Waals surface area (Å²) in [6, 6.07) is 7.90. The van der Waals surface area contributed by atoms with Gasteiger partial charge >= 0.3 is 6.18 Å². The number of hydrogen-bond acceptors (Lipinski definition) is 3. The molecule has 0 atom stereocenters. The van der Waals surface area contributed by atoms with E-state index >= 15 is 0 Å². The summed E-state index contributed by atoms with van der Waals surface area (Å²) in [5.41, 5.74) is 0.964. The first-order valence-corrected chi connectivity index (χ1v) is 9.69. The van der Waals surface area contributed by atoms with Crippen LogP contribution in [0.5, 0.6) is 0 Å². The van der Waals surface area contributed by atoms with E-state index in [4.69, 9.17) is 0 Å². The number of alkyl halides is 3. The van der Waals surface area contributed by atoms with Crippen molar-refractivity contribution in [3.05, 3.63) is 52.2 Å². The first kappa shape index (κ1) is 18.0. The fraction of sp³-hybridized carbons (Fsp3) is 0.368. The summed E-state index contributed by atoms with van der Waals surface area (Å²) in [6.45, 7) is 0.152. The summed E-state index contributed by atoms with van der Waals surface area (Å²) in [4.78, 5) is 12.3. The highest BCUT2D eigenvalue weighted by Gasteiger charge is 2.39. The maximum Gasteiger partial charge on any atom is 0.435 e. The van der Waals surface area contributed by atoms with Crippen LogP contribution >= 0.6 is 11.3 Å². The lowest BCUT2D eigenvalue weighted by atomic mass is 9.95. The van der Waals surface area contributed by atoms with E-state index in [0.717, 1.165) is 28.5 Å². The molecule has 0 spiro atoms. The summed E-state index contributed by atoms with van der Waals surface area (Å²) in [5, 5.41) is 9.61. The van der Waals surface area contributed by atoms with Gasteiger partial charge in [-0.05, 0) is 48.1 Å². The fourth-order valence-corrected chi connectivity index (χ4v) is 4.55. The van der Waals surface area contributed by atoms with Crippen LogP contribution in [0.25, 0.3) is 10.1 Å². The Morgan fingerprint density at radius 2 is 2.00 bits per heavy atom. The van der Waals surface area contributed by atoms with Crippen LogP contribution in [0.1, 0.15) is 35.4 Å². The molecule has 8 heteroatoms. The molecule has 4 nitrogen and oxygen atoms in total. The maximum absolute atomic E-state index is 13.2. The van der Waals surface area contributed by atoms with Crippen molar-refractivity contribution in [2.24, 2.45) is 0 Å². The Morgan fingerprint density at radius 1 is 1.22 bits per heavy atom. The standard InChI is InChI=1S/C19H18F3N3OS/c20-19(21,22)18-14-6-1-3-7-15(14)25(24-18)10-17(26)23-9-12-11-27-16-8-4-2-5-13(12)16/h2,4-5,8,11H,1,3,6-7,9-10H2,(H,23,26). The van der Waals surface area contributed by atoms with Gasteiger partial charge in [-0.3, -0.25) is 9.48 Å². The normalized spacial score (nSPS) is 14.3. The topological polar surface area (TPSA) is 46.9 Å². The molecule has 1 aliphatic rings. The molecule has 2 aromatic heterocycles. The van der Waals surface area contributed by atoms with Crippen LogP contribution in [0.4, 0.5) is 13.2 Å². The average molecular weight is 393 g/mol. The summed E-state index contributed by atoms with van der Waals surface area (Å²) in [5.74, 6) is -0.338. The Bertz CT molecular complexity index is 990. The number of fused-ring (bicyclic) bond motifs is 2. The molecule has 2 heterocycles. The number of halogens is 3. The quantitative estimate of drug-likeness (QED) is 0.718. The number of thiophene rings is 1. The van der Waals surface area contributed by atoms with Gasteiger partial charge in [-0.1, -0.05) is 18.2 Å². The van der Waals surface area contributed by atoms with Crippen molar-refractivity contribution >= 4 is 27.3 Å². The number of amides is 1. The van der Waals surface area contributed by atoms with Gasteiger partial charge in [-0.15, -0.1) is 11.3 Å². The number of carbonyl (C=O) groups is 1. The van der Waals surface area contributed by atoms with Crippen LogP contribution in [0.2, 0.25) is 0 Å². The highest BCUT2D eigenvalue weighted by Crippen LogP contribution is 2.35. The third kappa shape index (κ3) is 3.58. The minimum absolute atomic E-state index is 0.194. The molecular formula is C19H18F3N3OS. The summed E-state index contributed by atoms with van der Waals surface area (Å²) in [7, 11) is 0.